The van der Waals surface area contributed by atoms with E-state index in [1.165, 1.54) is 12.1 Å². The maximum atomic E-state index is 16.0. The van der Waals surface area contributed by atoms with Crippen LogP contribution in [0.1, 0.15) is 117 Å². The number of halogens is 1. The molecule has 0 bridgehead atoms. The molecule has 2 saturated carbocycles. The number of anilines is 1. The molecule has 4 amide bonds. The van der Waals surface area contributed by atoms with Gasteiger partial charge in [0.2, 0.25) is 11.8 Å². The summed E-state index contributed by atoms with van der Waals surface area (Å²) >= 11 is 0. The van der Waals surface area contributed by atoms with E-state index < -0.39 is 41.5 Å². The van der Waals surface area contributed by atoms with Crippen LogP contribution < -0.4 is 16.0 Å². The zero-order valence-corrected chi connectivity index (χ0v) is 31.6. The van der Waals surface area contributed by atoms with Gasteiger partial charge in [-0.3, -0.25) is 28.5 Å². The molecule has 53 heavy (non-hydrogen) atoms. The van der Waals surface area contributed by atoms with Crippen LogP contribution in [0, 0.1) is 17.7 Å². The molecule has 3 fully saturated rings. The molecule has 0 unspecified atom stereocenters. The van der Waals surface area contributed by atoms with E-state index >= 15 is 4.39 Å². The van der Waals surface area contributed by atoms with Crippen molar-refractivity contribution in [2.24, 2.45) is 11.8 Å². The van der Waals surface area contributed by atoms with Crippen LogP contribution in [-0.4, -0.2) is 98.3 Å². The first-order valence-corrected chi connectivity index (χ1v) is 19.2. The number of rotatable bonds is 12. The highest BCUT2D eigenvalue weighted by atomic mass is 19.1. The number of hydrogen-bond donors (Lipinski definition) is 3. The van der Waals surface area contributed by atoms with Crippen LogP contribution in [0.15, 0.2) is 42.7 Å². The van der Waals surface area contributed by atoms with E-state index in [1.807, 2.05) is 20.9 Å². The summed E-state index contributed by atoms with van der Waals surface area (Å²) in [6.45, 7) is 10.3. The molecule has 3 aromatic rings. The summed E-state index contributed by atoms with van der Waals surface area (Å²) in [6, 6.07) is 6.02. The van der Waals surface area contributed by atoms with E-state index in [-0.39, 0.29) is 29.6 Å². The van der Waals surface area contributed by atoms with E-state index in [9.17, 15) is 19.2 Å². The molecule has 3 heterocycles. The van der Waals surface area contributed by atoms with Crippen LogP contribution in [-0.2, 0) is 9.59 Å². The van der Waals surface area contributed by atoms with Gasteiger partial charge in [0, 0.05) is 50.5 Å². The normalized spacial score (nSPS) is 21.4. The summed E-state index contributed by atoms with van der Waals surface area (Å²) in [4.78, 5) is 59.0. The Morgan fingerprint density at radius 1 is 0.830 bits per heavy atom. The van der Waals surface area contributed by atoms with Gasteiger partial charge in [-0.2, -0.15) is 10.2 Å². The van der Waals surface area contributed by atoms with Crippen molar-refractivity contribution in [1.82, 2.24) is 40.0 Å². The van der Waals surface area contributed by atoms with Gasteiger partial charge in [0.15, 0.2) is 0 Å². The van der Waals surface area contributed by atoms with Gasteiger partial charge in [-0.1, -0.05) is 32.8 Å². The number of nitrogens with zero attached hydrogens (tertiary/aromatic N) is 6. The number of carbonyl (C=O) groups excluding carboxylic acids is 4. The maximum Gasteiger partial charge on any atom is 0.270 e. The van der Waals surface area contributed by atoms with Crippen molar-refractivity contribution in [3.8, 4) is 0 Å². The number of likely N-dealkylation sites (N-methyl/N-ethyl adjacent to an activating group) is 1. The molecule has 3 N–H and O–H groups in total. The number of benzene rings is 1. The van der Waals surface area contributed by atoms with Crippen LogP contribution >= 0.6 is 0 Å². The molecule has 0 radical (unpaired) electrons. The molecule has 286 valence electrons. The predicted molar refractivity (Wildman–Crippen MR) is 199 cm³/mol. The third-order valence-electron chi connectivity index (χ3n) is 11.5. The summed E-state index contributed by atoms with van der Waals surface area (Å²) in [7, 11) is 2.00. The Hall–Kier alpha value is -4.59. The molecule has 0 spiro atoms. The van der Waals surface area contributed by atoms with E-state index in [2.05, 4.69) is 38.0 Å². The third kappa shape index (κ3) is 8.63. The Labute approximate surface area is 311 Å². The predicted octanol–water partition coefficient (Wildman–Crippen LogP) is 4.76. The number of hydrogen-bond acceptors (Lipinski definition) is 7. The lowest BCUT2D eigenvalue weighted by Crippen LogP contribution is -2.56. The lowest BCUT2D eigenvalue weighted by Gasteiger charge is -2.36. The molecular formula is C39H54FN9O4. The minimum Gasteiger partial charge on any atom is -0.339 e. The van der Waals surface area contributed by atoms with E-state index in [0.717, 1.165) is 44.9 Å². The highest BCUT2D eigenvalue weighted by molar-refractivity contribution is 6.01. The quantitative estimate of drug-likeness (QED) is 0.244. The SMILES string of the molecule is CC1CCC([C@H](NC(=O)c2ccnn2C(C)C)C(=O)Nc2ccc([C@H](C)[C@@H](NC(=O)c3ccnn3C3CCC3)C(=O)N3CCN(C)CC3)cc2F)CC1. The molecule has 6 rings (SSSR count). The number of amides is 4. The van der Waals surface area contributed by atoms with Crippen LogP contribution in [0.5, 0.6) is 0 Å². The first kappa shape index (κ1) is 38.1. The second-order valence-corrected chi connectivity index (χ2v) is 15.6. The summed E-state index contributed by atoms with van der Waals surface area (Å²) in [5.41, 5.74) is 1.21. The summed E-state index contributed by atoms with van der Waals surface area (Å²) < 4.78 is 19.3. The van der Waals surface area contributed by atoms with Crippen LogP contribution in [0.25, 0.3) is 0 Å². The molecule has 3 aliphatic rings. The summed E-state index contributed by atoms with van der Waals surface area (Å²) in [6.07, 6.45) is 9.52. The van der Waals surface area contributed by atoms with E-state index in [4.69, 9.17) is 0 Å². The zero-order valence-electron chi connectivity index (χ0n) is 31.6. The average molecular weight is 732 g/mol. The summed E-state index contributed by atoms with van der Waals surface area (Å²) in [5, 5.41) is 17.3. The number of carbonyl (C=O) groups is 4. The van der Waals surface area contributed by atoms with Crippen molar-refractivity contribution >= 4 is 29.3 Å². The Kier molecular flexibility index (Phi) is 12.0. The minimum absolute atomic E-state index is 0.0306. The fourth-order valence-corrected chi connectivity index (χ4v) is 7.71. The lowest BCUT2D eigenvalue weighted by atomic mass is 9.79. The van der Waals surface area contributed by atoms with Gasteiger partial charge in [-0.25, -0.2) is 4.39 Å². The van der Waals surface area contributed by atoms with Crippen molar-refractivity contribution < 1.29 is 23.6 Å². The zero-order chi connectivity index (χ0) is 37.8. The fourth-order valence-electron chi connectivity index (χ4n) is 7.71. The van der Waals surface area contributed by atoms with Gasteiger partial charge in [-0.15, -0.1) is 0 Å². The topological polar surface area (TPSA) is 146 Å². The molecular weight excluding hydrogens is 677 g/mol. The Balaban J connectivity index is 1.21. The van der Waals surface area contributed by atoms with Crippen molar-refractivity contribution in [3.05, 3.63) is 65.5 Å². The van der Waals surface area contributed by atoms with Crippen molar-refractivity contribution in [3.63, 3.8) is 0 Å². The first-order valence-electron chi connectivity index (χ1n) is 19.2. The molecule has 1 aromatic carbocycles. The van der Waals surface area contributed by atoms with Gasteiger partial charge in [-0.05, 0) is 94.7 Å². The van der Waals surface area contributed by atoms with Crippen LogP contribution in [0.3, 0.4) is 0 Å². The Morgan fingerprint density at radius 2 is 1.49 bits per heavy atom. The molecule has 2 aromatic heterocycles. The third-order valence-corrected chi connectivity index (χ3v) is 11.5. The second-order valence-electron chi connectivity index (χ2n) is 15.6. The standard InChI is InChI=1S/C39H54FN9O4/c1-24(2)48-32(15-17-41-48)36(50)45-35(27-11-9-25(3)10-12-27)38(52)43-31-14-13-28(23-30(31)40)26(4)34(39(53)47-21-19-46(5)20-22-47)44-37(51)33-16-18-42-49(33)29-7-6-8-29/h13-18,23-27,29,34-35H,6-12,19-22H2,1-5H3,(H,43,52)(H,44,51)(H,45,50)/t25?,26-,27?,34+,35-/m0/s1. The van der Waals surface area contributed by atoms with Gasteiger partial charge < -0.3 is 25.8 Å². The largest absolute Gasteiger partial charge is 0.339 e. The number of piperazine rings is 1. The molecule has 1 saturated heterocycles. The van der Waals surface area contributed by atoms with Crippen LogP contribution in [0.2, 0.25) is 0 Å². The molecule has 2 aliphatic carbocycles. The van der Waals surface area contributed by atoms with Crippen molar-refractivity contribution in [2.45, 2.75) is 103 Å². The Morgan fingerprint density at radius 3 is 2.13 bits per heavy atom. The Bertz CT molecular complexity index is 1770. The number of nitrogens with one attached hydrogen (secondary N) is 3. The highest BCUT2D eigenvalue weighted by Gasteiger charge is 2.36. The molecule has 14 heteroatoms. The second kappa shape index (κ2) is 16.6. The molecule has 1 aliphatic heterocycles. The van der Waals surface area contributed by atoms with Gasteiger partial charge in [0.1, 0.15) is 29.3 Å². The van der Waals surface area contributed by atoms with E-state index in [1.54, 1.807) is 51.8 Å². The minimum atomic E-state index is -0.969. The maximum absolute atomic E-state index is 16.0. The monoisotopic (exact) mass is 731 g/mol. The van der Waals surface area contributed by atoms with Gasteiger partial charge >= 0.3 is 0 Å². The van der Waals surface area contributed by atoms with Crippen LogP contribution in [0.4, 0.5) is 10.1 Å². The smallest absolute Gasteiger partial charge is 0.270 e. The lowest BCUT2D eigenvalue weighted by molar-refractivity contribution is -0.135. The first-order chi connectivity index (χ1) is 25.4. The van der Waals surface area contributed by atoms with Crippen molar-refractivity contribution in [2.75, 3.05) is 38.5 Å². The highest BCUT2D eigenvalue weighted by Crippen LogP contribution is 2.33. The van der Waals surface area contributed by atoms with Gasteiger partial charge in [0.25, 0.3) is 11.8 Å². The van der Waals surface area contributed by atoms with E-state index in [0.29, 0.717) is 49.0 Å². The molecule has 3 atom stereocenters. The average Bonchev–Trinajstić information content (AvgIpc) is 3.81. The fraction of sp³-hybridized carbons (Fsp3) is 0.590. The van der Waals surface area contributed by atoms with Gasteiger partial charge in [0.05, 0.1) is 11.7 Å². The van der Waals surface area contributed by atoms with Crippen molar-refractivity contribution in [1.29, 1.82) is 0 Å². The number of aromatic nitrogens is 4. The molecule has 13 nitrogen and oxygen atoms in total. The summed E-state index contributed by atoms with van der Waals surface area (Å²) in [5.74, 6) is -2.40.